The highest BCUT2D eigenvalue weighted by atomic mass is 32.2. The lowest BCUT2D eigenvalue weighted by atomic mass is 10.2. The molecule has 1 aliphatic heterocycles. The van der Waals surface area contributed by atoms with Crippen LogP contribution in [0.15, 0.2) is 47.4 Å². The van der Waals surface area contributed by atoms with Crippen molar-refractivity contribution >= 4 is 15.7 Å². The minimum absolute atomic E-state index is 0.114. The van der Waals surface area contributed by atoms with Crippen LogP contribution in [0.3, 0.4) is 0 Å². The number of aryl methyl sites for hydroxylation is 1. The molecule has 0 bridgehead atoms. The predicted molar refractivity (Wildman–Crippen MR) is 88.5 cm³/mol. The van der Waals surface area contributed by atoms with Gasteiger partial charge >= 0.3 is 0 Å². The van der Waals surface area contributed by atoms with E-state index in [4.69, 9.17) is 0 Å². The summed E-state index contributed by atoms with van der Waals surface area (Å²) in [6.45, 7) is 2.90. The minimum Gasteiger partial charge on any atom is -0.367 e. The number of sulfonamides is 1. The quantitative estimate of drug-likeness (QED) is 0.853. The Hall–Kier alpha value is -1.99. The molecule has 0 saturated carbocycles. The van der Waals surface area contributed by atoms with Gasteiger partial charge < -0.3 is 4.90 Å². The summed E-state index contributed by atoms with van der Waals surface area (Å²) in [5.74, 6) is -0.779. The molecule has 0 spiro atoms. The fourth-order valence-electron chi connectivity index (χ4n) is 2.92. The molecule has 0 aromatic heterocycles. The van der Waals surface area contributed by atoms with Crippen LogP contribution in [0.4, 0.5) is 14.5 Å². The van der Waals surface area contributed by atoms with Crippen LogP contribution in [0, 0.1) is 18.6 Å². The Balaban J connectivity index is 1.78. The van der Waals surface area contributed by atoms with Crippen molar-refractivity contribution in [2.24, 2.45) is 0 Å². The number of piperazine rings is 1. The number of hydrogen-bond donors (Lipinski definition) is 0. The van der Waals surface area contributed by atoms with Gasteiger partial charge in [0.2, 0.25) is 10.0 Å². The molecule has 1 fully saturated rings. The monoisotopic (exact) mass is 352 g/mol. The molecule has 24 heavy (non-hydrogen) atoms. The van der Waals surface area contributed by atoms with Gasteiger partial charge in [-0.25, -0.2) is 17.2 Å². The van der Waals surface area contributed by atoms with Gasteiger partial charge in [-0.1, -0.05) is 12.1 Å². The maximum atomic E-state index is 13.9. The molecule has 0 radical (unpaired) electrons. The standard InChI is InChI=1S/C17H18F2N2O2S/c1-13-12-14(18)6-7-17(13)24(22,23)21-10-8-20(9-11-21)16-5-3-2-4-15(16)19/h2-7,12H,8-11H2,1H3. The second-order valence-corrected chi connectivity index (χ2v) is 7.66. The summed E-state index contributed by atoms with van der Waals surface area (Å²) < 4.78 is 53.9. The SMILES string of the molecule is Cc1cc(F)ccc1S(=O)(=O)N1CCN(c2ccccc2F)CC1. The lowest BCUT2D eigenvalue weighted by Gasteiger charge is -2.35. The van der Waals surface area contributed by atoms with Crippen molar-refractivity contribution < 1.29 is 17.2 Å². The Morgan fingerprint density at radius 1 is 0.958 bits per heavy atom. The first-order chi connectivity index (χ1) is 11.4. The van der Waals surface area contributed by atoms with Crippen molar-refractivity contribution in [3.05, 3.63) is 59.7 Å². The van der Waals surface area contributed by atoms with Crippen molar-refractivity contribution in [2.75, 3.05) is 31.1 Å². The van der Waals surface area contributed by atoms with Gasteiger partial charge in [0, 0.05) is 26.2 Å². The maximum absolute atomic E-state index is 13.9. The van der Waals surface area contributed by atoms with Crippen LogP contribution in [0.1, 0.15) is 5.56 Å². The molecule has 0 unspecified atom stereocenters. The molecule has 0 N–H and O–H groups in total. The van der Waals surface area contributed by atoms with E-state index in [1.807, 2.05) is 4.90 Å². The second-order valence-electron chi connectivity index (χ2n) is 5.75. The van der Waals surface area contributed by atoms with Crippen LogP contribution in [-0.4, -0.2) is 38.9 Å². The largest absolute Gasteiger partial charge is 0.367 e. The lowest BCUT2D eigenvalue weighted by molar-refractivity contribution is 0.383. The van der Waals surface area contributed by atoms with Crippen LogP contribution in [-0.2, 0) is 10.0 Å². The summed E-state index contributed by atoms with van der Waals surface area (Å²) in [7, 11) is -3.68. The van der Waals surface area contributed by atoms with Crippen LogP contribution in [0.5, 0.6) is 0 Å². The van der Waals surface area contributed by atoms with Crippen LogP contribution >= 0.6 is 0 Å². The molecule has 2 aromatic carbocycles. The summed E-state index contributed by atoms with van der Waals surface area (Å²) in [6, 6.07) is 10.1. The molecule has 1 aliphatic rings. The Morgan fingerprint density at radius 3 is 2.25 bits per heavy atom. The van der Waals surface area contributed by atoms with Gasteiger partial charge in [0.25, 0.3) is 0 Å². The summed E-state index contributed by atoms with van der Waals surface area (Å²) in [6.07, 6.45) is 0. The Kier molecular flexibility index (Phi) is 4.56. The zero-order valence-electron chi connectivity index (χ0n) is 13.2. The molecule has 0 atom stereocenters. The molecule has 1 heterocycles. The number of rotatable bonds is 3. The van der Waals surface area contributed by atoms with Gasteiger partial charge in [0.1, 0.15) is 11.6 Å². The number of para-hydroxylation sites is 1. The van der Waals surface area contributed by atoms with Gasteiger partial charge in [0.15, 0.2) is 0 Å². The number of halogens is 2. The molecule has 128 valence electrons. The van der Waals surface area contributed by atoms with Gasteiger partial charge in [-0.3, -0.25) is 0 Å². The minimum atomic E-state index is -3.68. The third-order valence-corrected chi connectivity index (χ3v) is 6.25. The van der Waals surface area contributed by atoms with E-state index in [0.29, 0.717) is 24.3 Å². The molecule has 3 rings (SSSR count). The molecular formula is C17H18F2N2O2S. The van der Waals surface area contributed by atoms with E-state index in [2.05, 4.69) is 0 Å². The van der Waals surface area contributed by atoms with Gasteiger partial charge in [0.05, 0.1) is 10.6 Å². The second kappa shape index (κ2) is 6.49. The molecule has 0 aliphatic carbocycles. The topological polar surface area (TPSA) is 40.6 Å². The fourth-order valence-corrected chi connectivity index (χ4v) is 4.55. The number of hydrogen-bond acceptors (Lipinski definition) is 3. The van der Waals surface area contributed by atoms with Crippen molar-refractivity contribution in [1.82, 2.24) is 4.31 Å². The highest BCUT2D eigenvalue weighted by Gasteiger charge is 2.30. The smallest absolute Gasteiger partial charge is 0.243 e. The van der Waals surface area contributed by atoms with E-state index in [-0.39, 0.29) is 23.8 Å². The third-order valence-electron chi connectivity index (χ3n) is 4.19. The van der Waals surface area contributed by atoms with E-state index in [9.17, 15) is 17.2 Å². The first-order valence-corrected chi connectivity index (χ1v) is 9.09. The maximum Gasteiger partial charge on any atom is 0.243 e. The average molecular weight is 352 g/mol. The average Bonchev–Trinajstić information content (AvgIpc) is 2.55. The Morgan fingerprint density at radius 2 is 1.62 bits per heavy atom. The highest BCUT2D eigenvalue weighted by molar-refractivity contribution is 7.89. The van der Waals surface area contributed by atoms with E-state index < -0.39 is 15.8 Å². The molecular weight excluding hydrogens is 334 g/mol. The number of benzene rings is 2. The number of anilines is 1. The number of nitrogens with zero attached hydrogens (tertiary/aromatic N) is 2. The Labute approximate surface area is 140 Å². The summed E-state index contributed by atoms with van der Waals surface area (Å²) in [4.78, 5) is 1.95. The van der Waals surface area contributed by atoms with E-state index >= 15 is 0 Å². The predicted octanol–water partition coefficient (Wildman–Crippen LogP) is 2.78. The van der Waals surface area contributed by atoms with E-state index in [0.717, 1.165) is 6.07 Å². The highest BCUT2D eigenvalue weighted by Crippen LogP contribution is 2.25. The molecule has 0 amide bonds. The zero-order chi connectivity index (χ0) is 17.3. The first-order valence-electron chi connectivity index (χ1n) is 7.65. The molecule has 1 saturated heterocycles. The lowest BCUT2D eigenvalue weighted by Crippen LogP contribution is -2.49. The van der Waals surface area contributed by atoms with Gasteiger partial charge in [-0.15, -0.1) is 0 Å². The van der Waals surface area contributed by atoms with Gasteiger partial charge in [-0.2, -0.15) is 4.31 Å². The normalized spacial score (nSPS) is 16.4. The molecule has 4 nitrogen and oxygen atoms in total. The summed E-state index contributed by atoms with van der Waals surface area (Å²) in [5, 5.41) is 0. The first kappa shape index (κ1) is 16.9. The molecule has 2 aromatic rings. The van der Waals surface area contributed by atoms with Crippen LogP contribution < -0.4 is 4.90 Å². The van der Waals surface area contributed by atoms with Gasteiger partial charge in [-0.05, 0) is 42.8 Å². The van der Waals surface area contributed by atoms with Crippen LogP contribution in [0.25, 0.3) is 0 Å². The zero-order valence-corrected chi connectivity index (χ0v) is 14.1. The molecule has 7 heteroatoms. The van der Waals surface area contributed by atoms with Crippen molar-refractivity contribution in [3.8, 4) is 0 Å². The van der Waals surface area contributed by atoms with Crippen molar-refractivity contribution in [2.45, 2.75) is 11.8 Å². The summed E-state index contributed by atoms with van der Waals surface area (Å²) in [5.41, 5.74) is 0.860. The van der Waals surface area contributed by atoms with E-state index in [1.54, 1.807) is 25.1 Å². The van der Waals surface area contributed by atoms with Crippen molar-refractivity contribution in [3.63, 3.8) is 0 Å². The van der Waals surface area contributed by atoms with Crippen molar-refractivity contribution in [1.29, 1.82) is 0 Å². The fraction of sp³-hybridized carbons (Fsp3) is 0.294. The third kappa shape index (κ3) is 3.14. The summed E-state index contributed by atoms with van der Waals surface area (Å²) >= 11 is 0. The van der Waals surface area contributed by atoms with Crippen LogP contribution in [0.2, 0.25) is 0 Å². The Bertz CT molecular complexity index is 847. The van der Waals surface area contributed by atoms with E-state index in [1.165, 1.54) is 22.5 Å².